The third-order valence-corrected chi connectivity index (χ3v) is 4.01. The maximum Gasteiger partial charge on any atom is 0.231 e. The third kappa shape index (κ3) is 2.29. The van der Waals surface area contributed by atoms with Crippen LogP contribution in [0.3, 0.4) is 0 Å². The molecule has 0 amide bonds. The van der Waals surface area contributed by atoms with E-state index in [1.165, 1.54) is 6.92 Å². The Balaban J connectivity index is 1.99. The second kappa shape index (κ2) is 5.42. The standard InChI is InChI=1S/C20H13NO3/c1-12(22)14-7-10-18-16(11-14)19(23)15-8-9-17(21-20(15)24-18)13-5-3-2-4-6-13/h2-11H,1H3. The fourth-order valence-electron chi connectivity index (χ4n) is 2.73. The second-order valence-corrected chi connectivity index (χ2v) is 5.61. The molecule has 24 heavy (non-hydrogen) atoms. The Labute approximate surface area is 137 Å². The Hall–Kier alpha value is -3.27. The maximum absolute atomic E-state index is 12.7. The number of nitrogens with zero attached hydrogens (tertiary/aromatic N) is 1. The van der Waals surface area contributed by atoms with E-state index in [-0.39, 0.29) is 11.2 Å². The van der Waals surface area contributed by atoms with Crippen LogP contribution in [-0.2, 0) is 0 Å². The van der Waals surface area contributed by atoms with E-state index in [9.17, 15) is 9.59 Å². The van der Waals surface area contributed by atoms with Crippen LogP contribution >= 0.6 is 0 Å². The van der Waals surface area contributed by atoms with Crippen LogP contribution < -0.4 is 5.43 Å². The highest BCUT2D eigenvalue weighted by Gasteiger charge is 2.12. The van der Waals surface area contributed by atoms with Crippen molar-refractivity contribution in [3.05, 3.63) is 76.5 Å². The SMILES string of the molecule is CC(=O)c1ccc2oc3nc(-c4ccccc4)ccc3c(=O)c2c1. The first-order chi connectivity index (χ1) is 11.6. The number of fused-ring (bicyclic) bond motifs is 2. The molecule has 4 nitrogen and oxygen atoms in total. The van der Waals surface area contributed by atoms with Crippen LogP contribution in [-0.4, -0.2) is 10.8 Å². The molecule has 0 atom stereocenters. The molecule has 0 fully saturated rings. The topological polar surface area (TPSA) is 60.2 Å². The van der Waals surface area contributed by atoms with Gasteiger partial charge in [0.15, 0.2) is 5.78 Å². The van der Waals surface area contributed by atoms with E-state index >= 15 is 0 Å². The molecule has 0 radical (unpaired) electrons. The lowest BCUT2D eigenvalue weighted by Gasteiger charge is -2.05. The number of hydrogen-bond donors (Lipinski definition) is 0. The molecule has 2 heterocycles. The van der Waals surface area contributed by atoms with E-state index in [0.29, 0.717) is 27.6 Å². The van der Waals surface area contributed by atoms with Crippen molar-refractivity contribution in [3.63, 3.8) is 0 Å². The van der Waals surface area contributed by atoms with Gasteiger partial charge in [-0.05, 0) is 37.3 Å². The minimum Gasteiger partial charge on any atom is -0.437 e. The fraction of sp³-hybridized carbons (Fsp3) is 0.0500. The zero-order valence-corrected chi connectivity index (χ0v) is 12.9. The Morgan fingerprint density at radius 3 is 2.50 bits per heavy atom. The van der Waals surface area contributed by atoms with Gasteiger partial charge in [-0.25, -0.2) is 4.98 Å². The van der Waals surface area contributed by atoms with Crippen LogP contribution in [0.4, 0.5) is 0 Å². The summed E-state index contributed by atoms with van der Waals surface area (Å²) in [6, 6.07) is 18.1. The van der Waals surface area contributed by atoms with Crippen molar-refractivity contribution >= 4 is 27.9 Å². The van der Waals surface area contributed by atoms with Crippen LogP contribution in [0.25, 0.3) is 33.3 Å². The predicted octanol–water partition coefficient (Wildman–Crippen LogP) is 4.21. The molecule has 0 spiro atoms. The highest BCUT2D eigenvalue weighted by atomic mass is 16.3. The number of benzene rings is 2. The molecule has 0 aliphatic heterocycles. The normalized spacial score (nSPS) is 11.0. The Morgan fingerprint density at radius 2 is 1.75 bits per heavy atom. The van der Waals surface area contributed by atoms with Gasteiger partial charge in [-0.15, -0.1) is 0 Å². The molecule has 0 aliphatic carbocycles. The van der Waals surface area contributed by atoms with Crippen molar-refractivity contribution in [2.24, 2.45) is 0 Å². The second-order valence-electron chi connectivity index (χ2n) is 5.61. The minimum atomic E-state index is -0.179. The minimum absolute atomic E-state index is 0.0889. The first-order valence-corrected chi connectivity index (χ1v) is 7.57. The summed E-state index contributed by atoms with van der Waals surface area (Å²) in [4.78, 5) is 28.7. The number of aromatic nitrogens is 1. The highest BCUT2D eigenvalue weighted by Crippen LogP contribution is 2.23. The molecular weight excluding hydrogens is 302 g/mol. The van der Waals surface area contributed by atoms with Crippen LogP contribution in [0.15, 0.2) is 69.9 Å². The van der Waals surface area contributed by atoms with Crippen LogP contribution in [0.2, 0.25) is 0 Å². The summed E-state index contributed by atoms with van der Waals surface area (Å²) in [5, 5.41) is 0.798. The van der Waals surface area contributed by atoms with Crippen molar-refractivity contribution < 1.29 is 9.21 Å². The number of carbonyl (C=O) groups excluding carboxylic acids is 1. The molecule has 2 aromatic heterocycles. The number of ketones is 1. The fourth-order valence-corrected chi connectivity index (χ4v) is 2.73. The molecule has 4 aromatic rings. The van der Waals surface area contributed by atoms with Gasteiger partial charge in [0.1, 0.15) is 5.58 Å². The van der Waals surface area contributed by atoms with E-state index in [2.05, 4.69) is 4.98 Å². The lowest BCUT2D eigenvalue weighted by Crippen LogP contribution is -2.05. The van der Waals surface area contributed by atoms with Gasteiger partial charge in [0.25, 0.3) is 0 Å². The average Bonchev–Trinajstić information content (AvgIpc) is 2.62. The molecular formula is C20H13NO3. The largest absolute Gasteiger partial charge is 0.437 e. The third-order valence-electron chi connectivity index (χ3n) is 4.01. The molecule has 0 saturated carbocycles. The van der Waals surface area contributed by atoms with Gasteiger partial charge >= 0.3 is 0 Å². The summed E-state index contributed by atoms with van der Waals surface area (Å²) in [5.41, 5.74) is 2.73. The Bertz CT molecular complexity index is 1140. The van der Waals surface area contributed by atoms with Crippen LogP contribution in [0.5, 0.6) is 0 Å². The lowest BCUT2D eigenvalue weighted by molar-refractivity contribution is 0.101. The van der Waals surface area contributed by atoms with Crippen molar-refractivity contribution in [3.8, 4) is 11.3 Å². The number of carbonyl (C=O) groups is 1. The molecule has 0 bridgehead atoms. The Kier molecular flexibility index (Phi) is 3.24. The first-order valence-electron chi connectivity index (χ1n) is 7.57. The summed E-state index contributed by atoms with van der Waals surface area (Å²) in [5.74, 6) is -0.0889. The van der Waals surface area contributed by atoms with Crippen molar-refractivity contribution in [1.82, 2.24) is 4.98 Å². The van der Waals surface area contributed by atoms with Gasteiger partial charge in [-0.2, -0.15) is 0 Å². The number of Topliss-reactive ketones (excluding diaryl/α,β-unsaturated/α-hetero) is 1. The average molecular weight is 315 g/mol. The summed E-state index contributed by atoms with van der Waals surface area (Å²) in [6.07, 6.45) is 0. The zero-order valence-electron chi connectivity index (χ0n) is 12.9. The quantitative estimate of drug-likeness (QED) is 0.410. The van der Waals surface area contributed by atoms with Crippen LogP contribution in [0, 0.1) is 0 Å². The molecule has 0 aliphatic rings. The summed E-state index contributed by atoms with van der Waals surface area (Å²) >= 11 is 0. The summed E-state index contributed by atoms with van der Waals surface area (Å²) < 4.78 is 5.80. The Morgan fingerprint density at radius 1 is 0.958 bits per heavy atom. The van der Waals surface area contributed by atoms with Gasteiger partial charge in [0, 0.05) is 11.1 Å². The van der Waals surface area contributed by atoms with Gasteiger partial charge < -0.3 is 4.42 Å². The smallest absolute Gasteiger partial charge is 0.231 e. The molecule has 0 unspecified atom stereocenters. The highest BCUT2D eigenvalue weighted by molar-refractivity contribution is 5.99. The number of rotatable bonds is 2. The van der Waals surface area contributed by atoms with Crippen molar-refractivity contribution in [2.45, 2.75) is 6.92 Å². The van der Waals surface area contributed by atoms with E-state index in [1.54, 1.807) is 30.3 Å². The molecule has 4 rings (SSSR count). The molecule has 4 heteroatoms. The first kappa shape index (κ1) is 14.3. The molecule has 0 saturated heterocycles. The molecule has 2 aromatic carbocycles. The van der Waals surface area contributed by atoms with Gasteiger partial charge in [0.05, 0.1) is 16.5 Å². The lowest BCUT2D eigenvalue weighted by atomic mass is 10.1. The number of pyridine rings is 1. The van der Waals surface area contributed by atoms with E-state index < -0.39 is 0 Å². The van der Waals surface area contributed by atoms with Gasteiger partial charge in [-0.3, -0.25) is 9.59 Å². The van der Waals surface area contributed by atoms with Gasteiger partial charge in [0.2, 0.25) is 11.1 Å². The van der Waals surface area contributed by atoms with E-state index in [0.717, 1.165) is 11.3 Å². The molecule has 0 N–H and O–H groups in total. The van der Waals surface area contributed by atoms with E-state index in [4.69, 9.17) is 4.42 Å². The van der Waals surface area contributed by atoms with Crippen molar-refractivity contribution in [2.75, 3.05) is 0 Å². The summed E-state index contributed by atoms with van der Waals surface area (Å²) in [7, 11) is 0. The predicted molar refractivity (Wildman–Crippen MR) is 93.2 cm³/mol. The van der Waals surface area contributed by atoms with Crippen LogP contribution in [0.1, 0.15) is 17.3 Å². The van der Waals surface area contributed by atoms with Gasteiger partial charge in [-0.1, -0.05) is 30.3 Å². The van der Waals surface area contributed by atoms with E-state index in [1.807, 2.05) is 30.3 Å². The van der Waals surface area contributed by atoms with Crippen molar-refractivity contribution in [1.29, 1.82) is 0 Å². The molecule has 116 valence electrons. The maximum atomic E-state index is 12.7. The number of hydrogen-bond acceptors (Lipinski definition) is 4. The summed E-state index contributed by atoms with van der Waals surface area (Å²) in [6.45, 7) is 1.47. The zero-order chi connectivity index (χ0) is 16.7. The monoisotopic (exact) mass is 315 g/mol.